The van der Waals surface area contributed by atoms with Crippen LogP contribution in [0.1, 0.15) is 27.2 Å². The fourth-order valence-electron chi connectivity index (χ4n) is 1.35. The average molecular weight is 216 g/mol. The van der Waals surface area contributed by atoms with Gasteiger partial charge in [-0.25, -0.2) is 0 Å². The van der Waals surface area contributed by atoms with Crippen molar-refractivity contribution in [2.45, 2.75) is 33.3 Å². The third-order valence-corrected chi connectivity index (χ3v) is 2.38. The zero-order chi connectivity index (χ0) is 11.8. The Hall–Kier alpha value is -0.610. The van der Waals surface area contributed by atoms with Crippen LogP contribution in [-0.2, 0) is 9.53 Å². The van der Waals surface area contributed by atoms with Gasteiger partial charge in [0.05, 0.1) is 12.0 Å². The molecule has 2 atom stereocenters. The summed E-state index contributed by atoms with van der Waals surface area (Å²) in [4.78, 5) is 11.7. The number of hydrogen-bond donors (Lipinski definition) is 2. The fourth-order valence-corrected chi connectivity index (χ4v) is 1.35. The third-order valence-electron chi connectivity index (χ3n) is 2.38. The third kappa shape index (κ3) is 6.47. The minimum absolute atomic E-state index is 0.0371. The van der Waals surface area contributed by atoms with E-state index in [4.69, 9.17) is 10.5 Å². The molecule has 0 spiro atoms. The van der Waals surface area contributed by atoms with Gasteiger partial charge in [0, 0.05) is 20.2 Å². The minimum Gasteiger partial charge on any atom is -0.380 e. The lowest BCUT2D eigenvalue weighted by Gasteiger charge is -2.18. The zero-order valence-corrected chi connectivity index (χ0v) is 10.2. The number of nitrogens with one attached hydrogen (secondary N) is 1. The molecule has 2 unspecified atom stereocenters. The van der Waals surface area contributed by atoms with Crippen LogP contribution in [0.5, 0.6) is 0 Å². The van der Waals surface area contributed by atoms with Crippen LogP contribution in [-0.4, -0.2) is 32.2 Å². The van der Waals surface area contributed by atoms with Crippen LogP contribution in [0.3, 0.4) is 0 Å². The molecule has 0 radical (unpaired) electrons. The van der Waals surface area contributed by atoms with Crippen LogP contribution >= 0.6 is 0 Å². The Kier molecular flexibility index (Phi) is 7.34. The Labute approximate surface area is 92.6 Å². The Morgan fingerprint density at radius 2 is 2.00 bits per heavy atom. The molecule has 0 rings (SSSR count). The van der Waals surface area contributed by atoms with Gasteiger partial charge in [-0.2, -0.15) is 0 Å². The van der Waals surface area contributed by atoms with E-state index < -0.39 is 0 Å². The summed E-state index contributed by atoms with van der Waals surface area (Å²) in [6.07, 6.45) is 0.885. The highest BCUT2D eigenvalue weighted by Gasteiger charge is 2.18. The highest BCUT2D eigenvalue weighted by Crippen LogP contribution is 2.10. The van der Waals surface area contributed by atoms with Crippen molar-refractivity contribution in [3.63, 3.8) is 0 Å². The standard InChI is InChI=1S/C11H24N2O2/c1-8(2)5-10(6-12)11(14)13-7-9(3)15-4/h8-10H,5-7,12H2,1-4H3,(H,13,14). The highest BCUT2D eigenvalue weighted by molar-refractivity contribution is 5.78. The second-order valence-electron chi connectivity index (χ2n) is 4.35. The summed E-state index contributed by atoms with van der Waals surface area (Å²) in [5.41, 5.74) is 5.57. The lowest BCUT2D eigenvalue weighted by Crippen LogP contribution is -2.39. The molecule has 0 fully saturated rings. The molecule has 0 bridgehead atoms. The summed E-state index contributed by atoms with van der Waals surface area (Å²) in [5, 5.41) is 2.85. The number of hydrogen-bond acceptors (Lipinski definition) is 3. The van der Waals surface area contributed by atoms with Gasteiger partial charge in [-0.05, 0) is 19.3 Å². The number of methoxy groups -OCH3 is 1. The maximum absolute atomic E-state index is 11.7. The monoisotopic (exact) mass is 216 g/mol. The molecule has 15 heavy (non-hydrogen) atoms. The minimum atomic E-state index is -0.0749. The molecule has 0 aliphatic carbocycles. The van der Waals surface area contributed by atoms with Gasteiger partial charge in [0.15, 0.2) is 0 Å². The predicted molar refractivity (Wildman–Crippen MR) is 61.5 cm³/mol. The normalized spacial score (nSPS) is 15.1. The molecule has 0 aromatic rings. The van der Waals surface area contributed by atoms with E-state index in [-0.39, 0.29) is 17.9 Å². The van der Waals surface area contributed by atoms with Crippen LogP contribution < -0.4 is 11.1 Å². The summed E-state index contributed by atoms with van der Waals surface area (Å²) in [5.74, 6) is 0.452. The number of amides is 1. The van der Waals surface area contributed by atoms with E-state index in [0.717, 1.165) is 6.42 Å². The number of ether oxygens (including phenoxy) is 1. The first-order valence-electron chi connectivity index (χ1n) is 5.51. The van der Waals surface area contributed by atoms with Crippen LogP contribution in [0, 0.1) is 11.8 Å². The first kappa shape index (κ1) is 14.4. The SMILES string of the molecule is COC(C)CNC(=O)C(CN)CC(C)C. The molecule has 4 heteroatoms. The van der Waals surface area contributed by atoms with Gasteiger partial charge >= 0.3 is 0 Å². The summed E-state index contributed by atoms with van der Waals surface area (Å²) in [6.45, 7) is 7.05. The van der Waals surface area contributed by atoms with E-state index in [9.17, 15) is 4.79 Å². The smallest absolute Gasteiger partial charge is 0.224 e. The van der Waals surface area contributed by atoms with Crippen molar-refractivity contribution >= 4 is 5.91 Å². The molecule has 0 saturated heterocycles. The van der Waals surface area contributed by atoms with E-state index in [1.807, 2.05) is 6.92 Å². The van der Waals surface area contributed by atoms with Gasteiger partial charge in [0.1, 0.15) is 0 Å². The molecule has 0 aromatic carbocycles. The Balaban J connectivity index is 3.93. The highest BCUT2D eigenvalue weighted by atomic mass is 16.5. The molecule has 4 nitrogen and oxygen atoms in total. The van der Waals surface area contributed by atoms with Gasteiger partial charge in [-0.1, -0.05) is 13.8 Å². The number of rotatable bonds is 7. The van der Waals surface area contributed by atoms with Gasteiger partial charge in [0.2, 0.25) is 5.91 Å². The van der Waals surface area contributed by atoms with E-state index >= 15 is 0 Å². The number of carbonyl (C=O) groups is 1. The van der Waals surface area contributed by atoms with Crippen molar-refractivity contribution in [2.24, 2.45) is 17.6 Å². The van der Waals surface area contributed by atoms with Crippen LogP contribution in [0.25, 0.3) is 0 Å². The Morgan fingerprint density at radius 1 is 1.40 bits per heavy atom. The number of carbonyl (C=O) groups excluding carboxylic acids is 1. The molecule has 0 saturated carbocycles. The first-order valence-corrected chi connectivity index (χ1v) is 5.51. The summed E-state index contributed by atoms with van der Waals surface area (Å²) in [7, 11) is 1.63. The summed E-state index contributed by atoms with van der Waals surface area (Å²) >= 11 is 0. The molecule has 3 N–H and O–H groups in total. The molecule has 0 heterocycles. The second kappa shape index (κ2) is 7.65. The Bertz CT molecular complexity index is 183. The molecule has 1 amide bonds. The van der Waals surface area contributed by atoms with Crippen molar-refractivity contribution in [3.05, 3.63) is 0 Å². The maximum Gasteiger partial charge on any atom is 0.224 e. The molecule has 0 aliphatic heterocycles. The quantitative estimate of drug-likeness (QED) is 0.660. The van der Waals surface area contributed by atoms with Crippen molar-refractivity contribution in [2.75, 3.05) is 20.2 Å². The van der Waals surface area contributed by atoms with Crippen molar-refractivity contribution in [1.82, 2.24) is 5.32 Å². The lowest BCUT2D eigenvalue weighted by molar-refractivity contribution is -0.125. The van der Waals surface area contributed by atoms with Crippen LogP contribution in [0.4, 0.5) is 0 Å². The Morgan fingerprint density at radius 3 is 2.40 bits per heavy atom. The van der Waals surface area contributed by atoms with Crippen LogP contribution in [0.2, 0.25) is 0 Å². The molecule has 0 aliphatic rings. The number of nitrogens with two attached hydrogens (primary N) is 1. The van der Waals surface area contributed by atoms with Crippen molar-refractivity contribution in [1.29, 1.82) is 0 Å². The van der Waals surface area contributed by atoms with Gasteiger partial charge in [0.25, 0.3) is 0 Å². The first-order chi connectivity index (χ1) is 7.01. The largest absolute Gasteiger partial charge is 0.380 e. The fraction of sp³-hybridized carbons (Fsp3) is 0.909. The topological polar surface area (TPSA) is 64.3 Å². The summed E-state index contributed by atoms with van der Waals surface area (Å²) < 4.78 is 5.05. The van der Waals surface area contributed by atoms with E-state index in [2.05, 4.69) is 19.2 Å². The van der Waals surface area contributed by atoms with Gasteiger partial charge in [-0.15, -0.1) is 0 Å². The van der Waals surface area contributed by atoms with Gasteiger partial charge < -0.3 is 15.8 Å². The second-order valence-corrected chi connectivity index (χ2v) is 4.35. The van der Waals surface area contributed by atoms with Gasteiger partial charge in [-0.3, -0.25) is 4.79 Å². The van der Waals surface area contributed by atoms with Crippen molar-refractivity contribution in [3.8, 4) is 0 Å². The maximum atomic E-state index is 11.7. The molecular weight excluding hydrogens is 192 g/mol. The predicted octanol–water partition coefficient (Wildman–Crippen LogP) is 0.759. The van der Waals surface area contributed by atoms with Crippen molar-refractivity contribution < 1.29 is 9.53 Å². The van der Waals surface area contributed by atoms with E-state index in [1.54, 1.807) is 7.11 Å². The molecule has 90 valence electrons. The molecular formula is C11H24N2O2. The van der Waals surface area contributed by atoms with E-state index in [1.165, 1.54) is 0 Å². The van der Waals surface area contributed by atoms with Crippen LogP contribution in [0.15, 0.2) is 0 Å². The lowest BCUT2D eigenvalue weighted by atomic mass is 9.96. The van der Waals surface area contributed by atoms with E-state index in [0.29, 0.717) is 19.0 Å². The zero-order valence-electron chi connectivity index (χ0n) is 10.2. The summed E-state index contributed by atoms with van der Waals surface area (Å²) in [6, 6.07) is 0. The average Bonchev–Trinajstić information content (AvgIpc) is 2.21. The molecule has 0 aromatic heterocycles.